The van der Waals surface area contributed by atoms with Gasteiger partial charge in [-0.05, 0) is 105 Å². The number of piperidine rings is 1. The van der Waals surface area contributed by atoms with Gasteiger partial charge in [0.15, 0.2) is 5.78 Å². The summed E-state index contributed by atoms with van der Waals surface area (Å²) in [7, 11) is 6.63. The molecule has 1 saturated heterocycles. The number of hydrogen-bond acceptors (Lipinski definition) is 5. The summed E-state index contributed by atoms with van der Waals surface area (Å²) in [6.45, 7) is 15.5. The van der Waals surface area contributed by atoms with Crippen molar-refractivity contribution in [2.75, 3.05) is 40.3 Å². The number of likely N-dealkylation sites (tertiary alicyclic amines) is 1. The van der Waals surface area contributed by atoms with Gasteiger partial charge in [-0.15, -0.1) is 0 Å². The third-order valence-corrected chi connectivity index (χ3v) is 12.3. The van der Waals surface area contributed by atoms with Crippen molar-refractivity contribution in [3.05, 3.63) is 118 Å². The monoisotopic (exact) mass is 714 g/mol. The number of Topliss-reactive ketones (excluding diaryl/α,β-unsaturated/α-hetero) is 1. The second kappa shape index (κ2) is 15.0. The minimum atomic E-state index is 0.0271. The highest BCUT2D eigenvalue weighted by Crippen LogP contribution is 2.36. The maximum absolute atomic E-state index is 14.7. The minimum Gasteiger partial charge on any atom is -0.478 e. The summed E-state index contributed by atoms with van der Waals surface area (Å²) in [6.07, 6.45) is 7.90. The second-order valence-corrected chi connectivity index (χ2v) is 16.4. The third-order valence-electron chi connectivity index (χ3n) is 12.3. The number of hydrogen-bond donors (Lipinski definition) is 0. The molecular formula is C45H56N5O3+. The van der Waals surface area contributed by atoms with E-state index in [1.54, 1.807) is 6.92 Å². The van der Waals surface area contributed by atoms with Crippen molar-refractivity contribution in [1.82, 2.24) is 19.4 Å². The molecule has 8 nitrogen and oxygen atoms in total. The molecule has 3 aliphatic rings. The van der Waals surface area contributed by atoms with Gasteiger partial charge in [0, 0.05) is 85.2 Å². The molecule has 0 spiro atoms. The maximum Gasteiger partial charge on any atom is 0.255 e. The molecule has 2 aromatic carbocycles. The molecular weight excluding hydrogens is 659 g/mol. The molecule has 278 valence electrons. The molecule has 0 radical (unpaired) electrons. The zero-order valence-corrected chi connectivity index (χ0v) is 32.6. The Hall–Kier alpha value is -4.69. The Morgan fingerprint density at radius 1 is 0.962 bits per heavy atom. The van der Waals surface area contributed by atoms with Crippen LogP contribution in [-0.4, -0.2) is 81.9 Å². The van der Waals surface area contributed by atoms with E-state index in [9.17, 15) is 9.59 Å². The van der Waals surface area contributed by atoms with Crippen LogP contribution in [0.1, 0.15) is 87.3 Å². The van der Waals surface area contributed by atoms with E-state index in [1.165, 1.54) is 42.6 Å². The number of ether oxygens (including phenoxy) is 1. The van der Waals surface area contributed by atoms with Crippen molar-refractivity contribution < 1.29 is 18.8 Å². The molecule has 8 heteroatoms. The van der Waals surface area contributed by atoms with Crippen LogP contribution >= 0.6 is 0 Å². The summed E-state index contributed by atoms with van der Waals surface area (Å²) < 4.78 is 9.23. The van der Waals surface area contributed by atoms with Crippen molar-refractivity contribution >= 4 is 11.7 Å². The minimum absolute atomic E-state index is 0.0271. The van der Waals surface area contributed by atoms with Crippen LogP contribution in [0.5, 0.6) is 5.88 Å². The number of pyridine rings is 1. The predicted octanol–water partition coefficient (Wildman–Crippen LogP) is 7.55. The number of ketones is 1. The van der Waals surface area contributed by atoms with Crippen molar-refractivity contribution in [2.24, 2.45) is 13.0 Å². The lowest BCUT2D eigenvalue weighted by Gasteiger charge is -2.37. The van der Waals surface area contributed by atoms with Gasteiger partial charge in [0.2, 0.25) is 5.88 Å². The number of carbonyl (C=O) groups is 2. The Kier molecular flexibility index (Phi) is 10.4. The summed E-state index contributed by atoms with van der Waals surface area (Å²) in [6, 6.07) is 18.9. The smallest absolute Gasteiger partial charge is 0.255 e. The fourth-order valence-electron chi connectivity index (χ4n) is 8.58. The Balaban J connectivity index is 1.07. The zero-order valence-electron chi connectivity index (χ0n) is 32.6. The highest BCUT2D eigenvalue weighted by atomic mass is 16.5. The van der Waals surface area contributed by atoms with Crippen LogP contribution in [0.3, 0.4) is 0 Å². The number of nitrogens with zero attached hydrogens (tertiary/aromatic N) is 5. The zero-order chi connectivity index (χ0) is 37.4. The third kappa shape index (κ3) is 7.84. The number of rotatable bonds is 10. The lowest BCUT2D eigenvalue weighted by atomic mass is 9.89. The molecule has 0 saturated carbocycles. The average molecular weight is 715 g/mol. The van der Waals surface area contributed by atoms with Gasteiger partial charge in [-0.2, -0.15) is 0 Å². The van der Waals surface area contributed by atoms with Gasteiger partial charge in [-0.1, -0.05) is 36.9 Å². The quantitative estimate of drug-likeness (QED) is 0.125. The Labute approximate surface area is 315 Å². The first-order chi connectivity index (χ1) is 25.4. The standard InChI is InChI=1S/C45H56N5O3/c1-30(22-35-12-13-44(46-27-35)53-21-17-34-15-19-50(6,7)20-16-34)48-18-14-37-24-41(43-26-40(33(4)51)32(3)47(43)5)42(25-39(37)28-48)45(52)49-29-38-11-9-8-10-36(38)23-31(49)2/h8-13,24-27,31,34H,1,14-23,28-29H2,2-7H3/q+1. The Morgan fingerprint density at radius 3 is 2.42 bits per heavy atom. The summed E-state index contributed by atoms with van der Waals surface area (Å²) in [5.41, 5.74) is 11.1. The van der Waals surface area contributed by atoms with Gasteiger partial charge in [-0.25, -0.2) is 4.98 Å². The number of allylic oxidation sites excluding steroid dienone is 1. The molecule has 3 aliphatic heterocycles. The number of fused-ring (bicyclic) bond motifs is 2. The molecule has 1 amide bonds. The molecule has 7 rings (SSSR count). The maximum atomic E-state index is 14.7. The topological polar surface area (TPSA) is 67.7 Å². The van der Waals surface area contributed by atoms with Crippen LogP contribution in [-0.2, 0) is 39.4 Å². The van der Waals surface area contributed by atoms with Crippen molar-refractivity contribution in [3.63, 3.8) is 0 Å². The van der Waals surface area contributed by atoms with Gasteiger partial charge >= 0.3 is 0 Å². The van der Waals surface area contributed by atoms with Gasteiger partial charge < -0.3 is 23.6 Å². The number of carbonyl (C=O) groups excluding carboxylic acids is 2. The van der Waals surface area contributed by atoms with Gasteiger partial charge in [0.1, 0.15) is 0 Å². The van der Waals surface area contributed by atoms with E-state index in [0.717, 1.165) is 70.0 Å². The van der Waals surface area contributed by atoms with Crippen LogP contribution in [0.2, 0.25) is 0 Å². The molecule has 0 N–H and O–H groups in total. The van der Waals surface area contributed by atoms with E-state index >= 15 is 0 Å². The van der Waals surface area contributed by atoms with Crippen LogP contribution in [0.15, 0.2) is 73.1 Å². The van der Waals surface area contributed by atoms with E-state index in [4.69, 9.17) is 4.74 Å². The largest absolute Gasteiger partial charge is 0.478 e. The fourth-order valence-corrected chi connectivity index (χ4v) is 8.58. The van der Waals surface area contributed by atoms with E-state index in [-0.39, 0.29) is 17.7 Å². The van der Waals surface area contributed by atoms with Gasteiger partial charge in [0.25, 0.3) is 5.91 Å². The number of benzene rings is 2. The number of aromatic nitrogens is 2. The highest BCUT2D eigenvalue weighted by Gasteiger charge is 2.32. The second-order valence-electron chi connectivity index (χ2n) is 16.4. The highest BCUT2D eigenvalue weighted by molar-refractivity contribution is 6.03. The van der Waals surface area contributed by atoms with Crippen LogP contribution in [0, 0.1) is 12.8 Å². The molecule has 2 aromatic heterocycles. The average Bonchev–Trinajstić information content (AvgIpc) is 3.45. The van der Waals surface area contributed by atoms with E-state index in [1.807, 2.05) is 37.2 Å². The molecule has 1 atom stereocenters. The van der Waals surface area contributed by atoms with Crippen molar-refractivity contribution in [3.8, 4) is 17.1 Å². The Morgan fingerprint density at radius 2 is 1.72 bits per heavy atom. The molecule has 1 fully saturated rings. The number of quaternary nitrogens is 1. The first-order valence-corrected chi connectivity index (χ1v) is 19.4. The summed E-state index contributed by atoms with van der Waals surface area (Å²) in [5.74, 6) is 1.48. The molecule has 4 aromatic rings. The van der Waals surface area contributed by atoms with Crippen LogP contribution < -0.4 is 4.74 Å². The normalized spacial score (nSPS) is 18.3. The molecule has 1 unspecified atom stereocenters. The molecule has 5 heterocycles. The Bertz CT molecular complexity index is 2020. The molecule has 53 heavy (non-hydrogen) atoms. The van der Waals surface area contributed by atoms with Crippen molar-refractivity contribution in [2.45, 2.75) is 78.4 Å². The van der Waals surface area contributed by atoms with Crippen LogP contribution in [0.4, 0.5) is 0 Å². The number of amides is 1. The molecule has 0 aliphatic carbocycles. The van der Waals surface area contributed by atoms with E-state index < -0.39 is 0 Å². The lowest BCUT2D eigenvalue weighted by molar-refractivity contribution is -0.896. The summed E-state index contributed by atoms with van der Waals surface area (Å²) in [5, 5.41) is 0. The SMILES string of the molecule is C=C(Cc1ccc(OCCC2CC[N+](C)(C)CC2)nc1)N1CCc2cc(-c3cc(C(C)=O)c(C)n3C)c(C(=O)N3Cc4ccccc4CC3C)cc2C1. The fraction of sp³-hybridized carbons (Fsp3) is 0.444. The van der Waals surface area contributed by atoms with E-state index in [2.05, 4.69) is 84.5 Å². The van der Waals surface area contributed by atoms with Crippen molar-refractivity contribution in [1.29, 1.82) is 0 Å². The van der Waals surface area contributed by atoms with Gasteiger partial charge in [-0.3, -0.25) is 9.59 Å². The predicted molar refractivity (Wildman–Crippen MR) is 211 cm³/mol. The first kappa shape index (κ1) is 36.7. The summed E-state index contributed by atoms with van der Waals surface area (Å²) in [4.78, 5) is 36.2. The first-order valence-electron chi connectivity index (χ1n) is 19.4. The molecule has 0 bridgehead atoms. The summed E-state index contributed by atoms with van der Waals surface area (Å²) >= 11 is 0. The van der Waals surface area contributed by atoms with E-state index in [0.29, 0.717) is 43.1 Å². The van der Waals surface area contributed by atoms with Crippen LogP contribution in [0.25, 0.3) is 11.3 Å². The van der Waals surface area contributed by atoms with Gasteiger partial charge in [0.05, 0.1) is 33.8 Å². The lowest BCUT2D eigenvalue weighted by Crippen LogP contribution is -2.46.